The number of benzene rings is 1. The van der Waals surface area contributed by atoms with Crippen molar-refractivity contribution in [2.75, 3.05) is 13.2 Å². The molecule has 0 aliphatic heterocycles. The summed E-state index contributed by atoms with van der Waals surface area (Å²) in [5, 5.41) is 9.43. The quantitative estimate of drug-likeness (QED) is 0.724. The molecule has 112 valence electrons. The van der Waals surface area contributed by atoms with Crippen molar-refractivity contribution in [2.24, 2.45) is 0 Å². The monoisotopic (exact) mass is 288 g/mol. The molecule has 0 saturated heterocycles. The Kier molecular flexibility index (Phi) is 5.75. The van der Waals surface area contributed by atoms with E-state index in [4.69, 9.17) is 4.74 Å². The molecule has 0 bridgehead atoms. The van der Waals surface area contributed by atoms with Gasteiger partial charge in [0.15, 0.2) is 0 Å². The van der Waals surface area contributed by atoms with Crippen molar-refractivity contribution in [3.05, 3.63) is 42.0 Å². The topological polar surface area (TPSA) is 79.9 Å². The van der Waals surface area contributed by atoms with Crippen molar-refractivity contribution >= 4 is 5.91 Å². The molecule has 0 unspecified atom stereocenters. The minimum Gasteiger partial charge on any atom is -0.493 e. The Bertz CT molecular complexity index is 555. The lowest BCUT2D eigenvalue weighted by Crippen LogP contribution is -2.26. The standard InChI is InChI=1S/C15H20N4O2/c1-12-5-2-3-6-13(12)21-10-8-15(20)16-9-4-7-14-17-11-18-19-14/h2-3,5-6,11H,4,7-10H2,1H3,(H,16,20)(H,17,18,19). The van der Waals surface area contributed by atoms with Crippen LogP contribution in [0.3, 0.4) is 0 Å². The summed E-state index contributed by atoms with van der Waals surface area (Å²) >= 11 is 0. The molecule has 0 saturated carbocycles. The number of aromatic amines is 1. The minimum absolute atomic E-state index is 0.00107. The highest BCUT2D eigenvalue weighted by molar-refractivity contribution is 5.75. The fourth-order valence-corrected chi connectivity index (χ4v) is 1.90. The average Bonchev–Trinajstić information content (AvgIpc) is 2.99. The van der Waals surface area contributed by atoms with Crippen molar-refractivity contribution in [3.63, 3.8) is 0 Å². The Morgan fingerprint density at radius 1 is 1.38 bits per heavy atom. The Balaban J connectivity index is 1.56. The van der Waals surface area contributed by atoms with Gasteiger partial charge in [-0.3, -0.25) is 9.89 Å². The SMILES string of the molecule is Cc1ccccc1OCCC(=O)NCCCc1ncn[nH]1. The van der Waals surface area contributed by atoms with Crippen molar-refractivity contribution in [2.45, 2.75) is 26.2 Å². The number of para-hydroxylation sites is 1. The minimum atomic E-state index is 0.00107. The predicted molar refractivity (Wildman–Crippen MR) is 79.0 cm³/mol. The van der Waals surface area contributed by atoms with Crippen LogP contribution in [-0.2, 0) is 11.2 Å². The Morgan fingerprint density at radius 2 is 2.24 bits per heavy atom. The number of aryl methyl sites for hydroxylation is 2. The van der Waals surface area contributed by atoms with Gasteiger partial charge in [-0.15, -0.1) is 0 Å². The number of rotatable bonds is 8. The van der Waals surface area contributed by atoms with Gasteiger partial charge in [0.1, 0.15) is 17.9 Å². The number of nitrogens with one attached hydrogen (secondary N) is 2. The molecule has 6 heteroatoms. The molecule has 0 spiro atoms. The lowest BCUT2D eigenvalue weighted by atomic mass is 10.2. The maximum Gasteiger partial charge on any atom is 0.223 e. The molecule has 0 radical (unpaired) electrons. The van der Waals surface area contributed by atoms with Gasteiger partial charge < -0.3 is 10.1 Å². The van der Waals surface area contributed by atoms with Crippen molar-refractivity contribution in [3.8, 4) is 5.75 Å². The van der Waals surface area contributed by atoms with Crippen LogP contribution in [0, 0.1) is 6.92 Å². The molecule has 0 atom stereocenters. The number of hydrogen-bond donors (Lipinski definition) is 2. The third-order valence-electron chi connectivity index (χ3n) is 3.06. The van der Waals surface area contributed by atoms with Crippen LogP contribution in [0.25, 0.3) is 0 Å². The van der Waals surface area contributed by atoms with Gasteiger partial charge >= 0.3 is 0 Å². The highest BCUT2D eigenvalue weighted by atomic mass is 16.5. The highest BCUT2D eigenvalue weighted by Crippen LogP contribution is 2.15. The molecule has 1 heterocycles. The van der Waals surface area contributed by atoms with E-state index in [2.05, 4.69) is 20.5 Å². The molecular weight excluding hydrogens is 268 g/mol. The van der Waals surface area contributed by atoms with E-state index in [1.807, 2.05) is 31.2 Å². The summed E-state index contributed by atoms with van der Waals surface area (Å²) in [6.45, 7) is 3.00. The van der Waals surface area contributed by atoms with Gasteiger partial charge in [0.2, 0.25) is 5.91 Å². The van der Waals surface area contributed by atoms with Gasteiger partial charge in [0.05, 0.1) is 13.0 Å². The van der Waals surface area contributed by atoms with E-state index < -0.39 is 0 Å². The lowest BCUT2D eigenvalue weighted by molar-refractivity contribution is -0.121. The van der Waals surface area contributed by atoms with Crippen LogP contribution in [0.1, 0.15) is 24.2 Å². The van der Waals surface area contributed by atoms with Gasteiger partial charge in [-0.2, -0.15) is 5.10 Å². The highest BCUT2D eigenvalue weighted by Gasteiger charge is 2.03. The number of hydrogen-bond acceptors (Lipinski definition) is 4. The van der Waals surface area contributed by atoms with Crippen LogP contribution >= 0.6 is 0 Å². The number of amides is 1. The molecule has 0 aliphatic carbocycles. The first-order valence-electron chi connectivity index (χ1n) is 7.05. The largest absolute Gasteiger partial charge is 0.493 e. The maximum absolute atomic E-state index is 11.7. The Hall–Kier alpha value is -2.37. The number of ether oxygens (including phenoxy) is 1. The molecule has 1 aromatic heterocycles. The summed E-state index contributed by atoms with van der Waals surface area (Å²) in [6.07, 6.45) is 3.45. The van der Waals surface area contributed by atoms with Crippen molar-refractivity contribution in [1.29, 1.82) is 0 Å². The fourth-order valence-electron chi connectivity index (χ4n) is 1.90. The van der Waals surface area contributed by atoms with Crippen LogP contribution < -0.4 is 10.1 Å². The first-order valence-corrected chi connectivity index (χ1v) is 7.05. The van der Waals surface area contributed by atoms with Gasteiger partial charge in [-0.1, -0.05) is 18.2 Å². The van der Waals surface area contributed by atoms with Gasteiger partial charge in [-0.05, 0) is 25.0 Å². The molecule has 2 rings (SSSR count). The molecule has 2 aromatic rings. The number of aromatic nitrogens is 3. The van der Waals surface area contributed by atoms with E-state index in [-0.39, 0.29) is 5.91 Å². The third kappa shape index (κ3) is 5.25. The zero-order valence-corrected chi connectivity index (χ0v) is 12.1. The summed E-state index contributed by atoms with van der Waals surface area (Å²) in [5.41, 5.74) is 1.07. The summed E-state index contributed by atoms with van der Waals surface area (Å²) in [7, 11) is 0. The zero-order valence-electron chi connectivity index (χ0n) is 12.1. The van der Waals surface area contributed by atoms with Crippen LogP contribution in [0.2, 0.25) is 0 Å². The molecule has 21 heavy (non-hydrogen) atoms. The third-order valence-corrected chi connectivity index (χ3v) is 3.06. The second kappa shape index (κ2) is 8.04. The molecule has 2 N–H and O–H groups in total. The maximum atomic E-state index is 11.7. The van der Waals surface area contributed by atoms with Crippen LogP contribution in [0.5, 0.6) is 5.75 Å². The van der Waals surface area contributed by atoms with E-state index in [1.165, 1.54) is 6.33 Å². The molecule has 1 aromatic carbocycles. The van der Waals surface area contributed by atoms with Crippen LogP contribution in [-0.4, -0.2) is 34.2 Å². The summed E-state index contributed by atoms with van der Waals surface area (Å²) in [6, 6.07) is 7.78. The van der Waals surface area contributed by atoms with Gasteiger partial charge in [0.25, 0.3) is 0 Å². The fraction of sp³-hybridized carbons (Fsp3) is 0.400. The number of carbonyl (C=O) groups is 1. The smallest absolute Gasteiger partial charge is 0.223 e. The van der Waals surface area contributed by atoms with Crippen molar-refractivity contribution in [1.82, 2.24) is 20.5 Å². The lowest BCUT2D eigenvalue weighted by Gasteiger charge is -2.09. The van der Waals surface area contributed by atoms with Gasteiger partial charge in [0, 0.05) is 13.0 Å². The van der Waals surface area contributed by atoms with E-state index in [0.29, 0.717) is 19.6 Å². The molecule has 0 aliphatic rings. The van der Waals surface area contributed by atoms with E-state index in [1.54, 1.807) is 0 Å². The van der Waals surface area contributed by atoms with Gasteiger partial charge in [-0.25, -0.2) is 4.98 Å². The average molecular weight is 288 g/mol. The second-order valence-electron chi connectivity index (χ2n) is 4.75. The zero-order chi connectivity index (χ0) is 14.9. The van der Waals surface area contributed by atoms with E-state index in [0.717, 1.165) is 30.0 Å². The Morgan fingerprint density at radius 3 is 3.00 bits per heavy atom. The first kappa shape index (κ1) is 15.0. The summed E-state index contributed by atoms with van der Waals surface area (Å²) in [5.74, 6) is 1.67. The molecule has 1 amide bonds. The number of H-pyrrole nitrogens is 1. The predicted octanol–water partition coefficient (Wildman–Crippen LogP) is 1.63. The second-order valence-corrected chi connectivity index (χ2v) is 4.75. The number of nitrogens with zero attached hydrogens (tertiary/aromatic N) is 2. The van der Waals surface area contributed by atoms with Crippen LogP contribution in [0.4, 0.5) is 0 Å². The Labute approximate surface area is 123 Å². The molecule has 6 nitrogen and oxygen atoms in total. The normalized spacial score (nSPS) is 10.3. The molecule has 0 fully saturated rings. The number of carbonyl (C=O) groups excluding carboxylic acids is 1. The van der Waals surface area contributed by atoms with E-state index >= 15 is 0 Å². The van der Waals surface area contributed by atoms with Crippen LogP contribution in [0.15, 0.2) is 30.6 Å². The van der Waals surface area contributed by atoms with Crippen molar-refractivity contribution < 1.29 is 9.53 Å². The summed E-state index contributed by atoms with van der Waals surface area (Å²) in [4.78, 5) is 15.7. The molecular formula is C15H20N4O2. The summed E-state index contributed by atoms with van der Waals surface area (Å²) < 4.78 is 5.59. The van der Waals surface area contributed by atoms with E-state index in [9.17, 15) is 4.79 Å². The first-order chi connectivity index (χ1) is 10.3.